The van der Waals surface area contributed by atoms with Gasteiger partial charge in [-0.3, -0.25) is 4.79 Å². The van der Waals surface area contributed by atoms with Gasteiger partial charge in [-0.05, 0) is 0 Å². The van der Waals surface area contributed by atoms with E-state index in [-0.39, 0.29) is 13.0 Å². The van der Waals surface area contributed by atoms with E-state index in [0.717, 1.165) is 0 Å². The summed E-state index contributed by atoms with van der Waals surface area (Å²) in [6, 6.07) is -2.38. The lowest BCUT2D eigenvalue weighted by atomic mass is 9.95. The Morgan fingerprint density at radius 3 is 2.33 bits per heavy atom. The monoisotopic (exact) mass is 397 g/mol. The smallest absolute Gasteiger partial charge is 0.220 e. The summed E-state index contributed by atoms with van der Waals surface area (Å²) < 4.78 is 10.9. The molecule has 1 amide bonds. The molecule has 12 nitrogen and oxygen atoms in total. The maximum Gasteiger partial charge on any atom is 0.220 e. The second kappa shape index (κ2) is 11.2. The number of hydrogen-bond donors (Lipinski definition) is 9. The number of rotatable bonds is 10. The average Bonchev–Trinajstić information content (AvgIpc) is 2.68. The van der Waals surface area contributed by atoms with Gasteiger partial charge in [0.25, 0.3) is 0 Å². The van der Waals surface area contributed by atoms with Gasteiger partial charge in [0.15, 0.2) is 6.29 Å². The molecular formula is C15H31N3O9. The fourth-order valence-corrected chi connectivity index (χ4v) is 2.73. The number of carbonyl (C=O) groups is 1. The highest BCUT2D eigenvalue weighted by molar-refractivity contribution is 5.76. The van der Waals surface area contributed by atoms with Crippen LogP contribution in [0.1, 0.15) is 13.3 Å². The van der Waals surface area contributed by atoms with Gasteiger partial charge >= 0.3 is 0 Å². The van der Waals surface area contributed by atoms with Gasteiger partial charge in [-0.1, -0.05) is 6.92 Å². The fourth-order valence-electron chi connectivity index (χ4n) is 2.73. The molecule has 160 valence electrons. The second-order valence-corrected chi connectivity index (χ2v) is 6.38. The third-order valence-corrected chi connectivity index (χ3v) is 4.46. The predicted octanol–water partition coefficient (Wildman–Crippen LogP) is -5.29. The first-order chi connectivity index (χ1) is 12.7. The molecule has 1 saturated heterocycles. The number of aliphatic hydroxyl groups is 6. The largest absolute Gasteiger partial charge is 0.394 e. The van der Waals surface area contributed by atoms with Crippen LogP contribution in [-0.4, -0.2) is 111 Å². The minimum atomic E-state index is -1.67. The number of hydrogen-bond acceptors (Lipinski definition) is 11. The quantitative estimate of drug-likeness (QED) is 0.169. The lowest BCUT2D eigenvalue weighted by Crippen LogP contribution is -2.66. The van der Waals surface area contributed by atoms with E-state index in [9.17, 15) is 30.3 Å². The van der Waals surface area contributed by atoms with Crippen LogP contribution in [0.25, 0.3) is 0 Å². The van der Waals surface area contributed by atoms with E-state index >= 15 is 0 Å². The molecule has 1 aliphatic rings. The van der Waals surface area contributed by atoms with Crippen LogP contribution in [0.3, 0.4) is 0 Å². The van der Waals surface area contributed by atoms with Gasteiger partial charge in [-0.15, -0.1) is 0 Å². The van der Waals surface area contributed by atoms with E-state index in [0.29, 0.717) is 0 Å². The van der Waals surface area contributed by atoms with Crippen molar-refractivity contribution < 1.29 is 44.9 Å². The summed E-state index contributed by atoms with van der Waals surface area (Å²) in [5.41, 5.74) is 11.2. The Morgan fingerprint density at radius 1 is 1.22 bits per heavy atom. The van der Waals surface area contributed by atoms with Crippen molar-refractivity contribution in [1.29, 1.82) is 0 Å². The lowest BCUT2D eigenvalue weighted by Gasteiger charge is -2.44. The maximum absolute atomic E-state index is 11.6. The van der Waals surface area contributed by atoms with E-state index in [1.54, 1.807) is 6.92 Å². The van der Waals surface area contributed by atoms with Gasteiger partial charge in [0.05, 0.1) is 37.5 Å². The molecule has 9 atom stereocenters. The van der Waals surface area contributed by atoms with Gasteiger partial charge < -0.3 is 56.9 Å². The molecule has 1 aliphatic heterocycles. The van der Waals surface area contributed by atoms with Crippen LogP contribution in [0.4, 0.5) is 0 Å². The second-order valence-electron chi connectivity index (χ2n) is 6.38. The molecule has 0 bridgehead atoms. The first-order valence-electron chi connectivity index (χ1n) is 8.71. The Kier molecular flexibility index (Phi) is 9.97. The Balaban J connectivity index is 2.96. The van der Waals surface area contributed by atoms with E-state index in [4.69, 9.17) is 26.0 Å². The summed E-state index contributed by atoms with van der Waals surface area (Å²) in [5, 5.41) is 61.3. The third kappa shape index (κ3) is 6.02. The van der Waals surface area contributed by atoms with Crippen molar-refractivity contribution in [2.24, 2.45) is 11.5 Å². The molecule has 11 N–H and O–H groups in total. The molecule has 0 unspecified atom stereocenters. The van der Waals surface area contributed by atoms with Crippen LogP contribution in [0.5, 0.6) is 0 Å². The molecule has 0 saturated carbocycles. The van der Waals surface area contributed by atoms with Crippen LogP contribution < -0.4 is 16.8 Å². The highest BCUT2D eigenvalue weighted by atomic mass is 16.7. The maximum atomic E-state index is 11.6. The number of nitrogens with one attached hydrogen (secondary N) is 1. The molecule has 0 radical (unpaired) electrons. The van der Waals surface area contributed by atoms with Crippen LogP contribution in [0.15, 0.2) is 0 Å². The van der Waals surface area contributed by atoms with E-state index < -0.39 is 74.1 Å². The summed E-state index contributed by atoms with van der Waals surface area (Å²) in [6.07, 6.45) is -9.94. The standard InChI is InChI=1S/C15H31N3O9/c1-2-9(23)18-11-8(5-20)26-15(13(25)12(11)24)27-14(6(21)3-16)10(17)7(22)4-19/h6-8,10-15,19-22,24-25H,2-5,16-17H2,1H3,(H,18,23)/t6-,7+,8-,10+,11+,12-,13-,14-,15+/m0/s1. The molecule has 0 aromatic heterocycles. The van der Waals surface area contributed by atoms with E-state index in [2.05, 4.69) is 5.32 Å². The molecular weight excluding hydrogens is 366 g/mol. The van der Waals surface area contributed by atoms with Gasteiger partial charge in [0.1, 0.15) is 24.4 Å². The molecule has 0 aliphatic carbocycles. The summed E-state index contributed by atoms with van der Waals surface area (Å²) in [5.74, 6) is -0.419. The molecule has 1 heterocycles. The SMILES string of the molecule is CCC(=O)N[C@H]1[C@H](O)[C@H](O)[C@@H](O[C@H]([C@H](N)[C@H](O)CO)[C@@H](O)CN)O[C@H]1CO. The molecule has 27 heavy (non-hydrogen) atoms. The Morgan fingerprint density at radius 2 is 1.85 bits per heavy atom. The van der Waals surface area contributed by atoms with Crippen LogP contribution in [-0.2, 0) is 14.3 Å². The molecule has 0 aromatic carbocycles. The normalized spacial score (nSPS) is 33.1. The molecule has 12 heteroatoms. The Hall–Kier alpha value is -0.930. The van der Waals surface area contributed by atoms with Crippen molar-refractivity contribution >= 4 is 5.91 Å². The summed E-state index contributed by atoms with van der Waals surface area (Å²) in [7, 11) is 0. The van der Waals surface area contributed by atoms with Gasteiger partial charge in [-0.2, -0.15) is 0 Å². The first-order valence-corrected chi connectivity index (χ1v) is 8.71. The van der Waals surface area contributed by atoms with Crippen molar-refractivity contribution in [3.63, 3.8) is 0 Å². The van der Waals surface area contributed by atoms with Crippen molar-refractivity contribution in [3.8, 4) is 0 Å². The highest BCUT2D eigenvalue weighted by Crippen LogP contribution is 2.24. The molecule has 0 aromatic rings. The topological polar surface area (TPSA) is 221 Å². The highest BCUT2D eigenvalue weighted by Gasteiger charge is 2.47. The van der Waals surface area contributed by atoms with E-state index in [1.807, 2.05) is 0 Å². The first kappa shape index (κ1) is 24.1. The van der Waals surface area contributed by atoms with Crippen LogP contribution in [0, 0.1) is 0 Å². The lowest BCUT2D eigenvalue weighted by molar-refractivity contribution is -0.302. The zero-order valence-electron chi connectivity index (χ0n) is 15.1. The summed E-state index contributed by atoms with van der Waals surface area (Å²) in [6.45, 7) is -0.0258. The zero-order valence-corrected chi connectivity index (χ0v) is 15.1. The van der Waals surface area contributed by atoms with Gasteiger partial charge in [0, 0.05) is 13.0 Å². The number of carbonyl (C=O) groups excluding carboxylic acids is 1. The minimum Gasteiger partial charge on any atom is -0.394 e. The van der Waals surface area contributed by atoms with Crippen LogP contribution >= 0.6 is 0 Å². The summed E-state index contributed by atoms with van der Waals surface area (Å²) in [4.78, 5) is 11.6. The van der Waals surface area contributed by atoms with E-state index in [1.165, 1.54) is 0 Å². The van der Waals surface area contributed by atoms with Gasteiger partial charge in [0.2, 0.25) is 5.91 Å². The predicted molar refractivity (Wildman–Crippen MR) is 91.0 cm³/mol. The third-order valence-electron chi connectivity index (χ3n) is 4.46. The fraction of sp³-hybridized carbons (Fsp3) is 0.933. The molecule has 0 spiro atoms. The van der Waals surface area contributed by atoms with Crippen molar-refractivity contribution in [3.05, 3.63) is 0 Å². The number of amides is 1. The zero-order chi connectivity index (χ0) is 20.7. The average molecular weight is 397 g/mol. The number of nitrogens with two attached hydrogens (primary N) is 2. The van der Waals surface area contributed by atoms with Crippen LogP contribution in [0.2, 0.25) is 0 Å². The Labute approximate surface area is 156 Å². The van der Waals surface area contributed by atoms with Crippen molar-refractivity contribution in [2.75, 3.05) is 19.8 Å². The molecule has 1 rings (SSSR count). The number of ether oxygens (including phenoxy) is 2. The van der Waals surface area contributed by atoms with Crippen molar-refractivity contribution in [1.82, 2.24) is 5.32 Å². The molecule has 1 fully saturated rings. The Bertz CT molecular complexity index is 456. The number of aliphatic hydroxyl groups excluding tert-OH is 6. The minimum absolute atomic E-state index is 0.121. The van der Waals surface area contributed by atoms with Crippen molar-refractivity contribution in [2.45, 2.75) is 68.3 Å². The van der Waals surface area contributed by atoms with Gasteiger partial charge in [-0.25, -0.2) is 0 Å². The summed E-state index contributed by atoms with van der Waals surface area (Å²) >= 11 is 0.